The van der Waals surface area contributed by atoms with Crippen LogP contribution in [-0.4, -0.2) is 42.7 Å². The number of amides is 2. The molecule has 120 valence electrons. The number of carbonyl (C=O) groups is 1. The molecule has 0 saturated carbocycles. The molecule has 4 heterocycles. The van der Waals surface area contributed by atoms with Crippen molar-refractivity contribution in [2.75, 3.05) is 18.1 Å². The van der Waals surface area contributed by atoms with Crippen molar-refractivity contribution in [3.8, 4) is 5.75 Å². The monoisotopic (exact) mass is 335 g/mol. The van der Waals surface area contributed by atoms with E-state index < -0.39 is 6.36 Å². The number of halogens is 1. The molecule has 2 saturated heterocycles. The summed E-state index contributed by atoms with van der Waals surface area (Å²) < 4.78 is 25.2. The van der Waals surface area contributed by atoms with E-state index in [0.717, 1.165) is 28.0 Å². The zero-order valence-electron chi connectivity index (χ0n) is 12.1. The second-order valence-corrected chi connectivity index (χ2v) is 6.97. The van der Waals surface area contributed by atoms with Crippen molar-refractivity contribution in [3.05, 3.63) is 17.7 Å². The maximum absolute atomic E-state index is 13.6. The van der Waals surface area contributed by atoms with E-state index in [1.807, 2.05) is 12.1 Å². The molecule has 2 aromatic rings. The minimum atomic E-state index is -1.33. The maximum Gasteiger partial charge on any atom is 0.324 e. The van der Waals surface area contributed by atoms with Crippen LogP contribution in [0.15, 0.2) is 12.1 Å². The van der Waals surface area contributed by atoms with Gasteiger partial charge in [0, 0.05) is 18.4 Å². The number of fused-ring (bicyclic) bond motifs is 4. The summed E-state index contributed by atoms with van der Waals surface area (Å²) in [5, 5.41) is 3.47. The van der Waals surface area contributed by atoms with Crippen molar-refractivity contribution in [3.63, 3.8) is 0 Å². The highest BCUT2D eigenvalue weighted by molar-refractivity contribution is 7.22. The van der Waals surface area contributed by atoms with Crippen LogP contribution in [0.4, 0.5) is 14.3 Å². The SMILES string of the molecule is O=C1N[C@H]2COC(F)C[C@H]2N1c1nc2c3c(ccc2s1)OCC3. The molecule has 1 aromatic carbocycles. The summed E-state index contributed by atoms with van der Waals surface area (Å²) in [6.07, 6.45) is -0.340. The van der Waals surface area contributed by atoms with Gasteiger partial charge in [-0.15, -0.1) is 0 Å². The molecule has 1 aromatic heterocycles. The van der Waals surface area contributed by atoms with E-state index in [2.05, 4.69) is 10.3 Å². The zero-order chi connectivity index (χ0) is 15.6. The molecule has 8 heteroatoms. The van der Waals surface area contributed by atoms with Crippen LogP contribution in [0, 0.1) is 0 Å². The van der Waals surface area contributed by atoms with Gasteiger partial charge in [-0.2, -0.15) is 0 Å². The molecular formula is C15H14FN3O3S. The number of nitrogens with one attached hydrogen (secondary N) is 1. The fourth-order valence-corrected chi connectivity index (χ4v) is 4.58. The third-order valence-electron chi connectivity index (χ3n) is 4.63. The molecule has 3 aliphatic rings. The molecule has 5 rings (SSSR count). The van der Waals surface area contributed by atoms with E-state index in [0.29, 0.717) is 11.7 Å². The third-order valence-corrected chi connectivity index (χ3v) is 5.65. The summed E-state index contributed by atoms with van der Waals surface area (Å²) >= 11 is 1.46. The van der Waals surface area contributed by atoms with Gasteiger partial charge in [-0.1, -0.05) is 11.3 Å². The number of hydrogen-bond donors (Lipinski definition) is 1. The first-order valence-corrected chi connectivity index (χ1v) is 8.43. The van der Waals surface area contributed by atoms with E-state index in [1.165, 1.54) is 11.3 Å². The lowest BCUT2D eigenvalue weighted by Crippen LogP contribution is -2.46. The molecule has 2 amide bonds. The number of benzene rings is 1. The lowest BCUT2D eigenvalue weighted by Gasteiger charge is -2.30. The van der Waals surface area contributed by atoms with Crippen LogP contribution in [0.25, 0.3) is 10.2 Å². The first kappa shape index (κ1) is 13.5. The summed E-state index contributed by atoms with van der Waals surface area (Å²) in [6.45, 7) is 0.860. The van der Waals surface area contributed by atoms with Crippen LogP contribution in [0.5, 0.6) is 5.75 Å². The van der Waals surface area contributed by atoms with Gasteiger partial charge in [-0.05, 0) is 12.1 Å². The number of urea groups is 1. The topological polar surface area (TPSA) is 63.7 Å². The van der Waals surface area contributed by atoms with Crippen molar-refractivity contribution in [2.24, 2.45) is 0 Å². The van der Waals surface area contributed by atoms with Crippen LogP contribution in [-0.2, 0) is 11.2 Å². The zero-order valence-corrected chi connectivity index (χ0v) is 12.9. The molecule has 0 spiro atoms. The van der Waals surface area contributed by atoms with Gasteiger partial charge in [0.1, 0.15) is 5.75 Å². The van der Waals surface area contributed by atoms with Crippen LogP contribution in [0.3, 0.4) is 0 Å². The average Bonchev–Trinajstić information content (AvgIpc) is 3.20. The van der Waals surface area contributed by atoms with E-state index in [-0.39, 0.29) is 31.1 Å². The Morgan fingerprint density at radius 2 is 2.35 bits per heavy atom. The standard InChI is InChI=1S/C15H14FN3O3S/c16-12-5-9-8(6-22-12)17-14(20)19(9)15-18-13-7-3-4-21-10(7)1-2-11(13)23-15/h1-2,8-9,12H,3-6H2,(H,17,20)/t8-,9+,12?/m0/s1. The minimum absolute atomic E-state index is 0.167. The summed E-state index contributed by atoms with van der Waals surface area (Å²) in [5.41, 5.74) is 1.98. The van der Waals surface area contributed by atoms with Gasteiger partial charge < -0.3 is 14.8 Å². The predicted molar refractivity (Wildman–Crippen MR) is 82.9 cm³/mol. The van der Waals surface area contributed by atoms with Gasteiger partial charge in [0.25, 0.3) is 0 Å². The molecule has 6 nitrogen and oxygen atoms in total. The fraction of sp³-hybridized carbons (Fsp3) is 0.467. The number of rotatable bonds is 1. The Bertz CT molecular complexity index is 811. The summed E-state index contributed by atoms with van der Waals surface area (Å²) in [4.78, 5) is 18.6. The summed E-state index contributed by atoms with van der Waals surface area (Å²) in [6, 6.07) is 3.25. The molecule has 0 radical (unpaired) electrons. The predicted octanol–water partition coefficient (Wildman–Crippen LogP) is 2.21. The average molecular weight is 335 g/mol. The van der Waals surface area contributed by atoms with Crippen LogP contribution in [0.1, 0.15) is 12.0 Å². The largest absolute Gasteiger partial charge is 0.493 e. The first-order valence-electron chi connectivity index (χ1n) is 7.61. The molecule has 0 aliphatic carbocycles. The quantitative estimate of drug-likeness (QED) is 0.868. The normalized spacial score (nSPS) is 29.3. The Morgan fingerprint density at radius 1 is 1.43 bits per heavy atom. The molecule has 23 heavy (non-hydrogen) atoms. The van der Waals surface area contributed by atoms with Gasteiger partial charge in [0.05, 0.1) is 35.5 Å². The van der Waals surface area contributed by atoms with Crippen molar-refractivity contribution in [1.82, 2.24) is 10.3 Å². The molecule has 1 N–H and O–H groups in total. The number of aromatic nitrogens is 1. The van der Waals surface area contributed by atoms with E-state index in [4.69, 9.17) is 9.47 Å². The third kappa shape index (κ3) is 1.94. The Morgan fingerprint density at radius 3 is 3.26 bits per heavy atom. The molecule has 0 bridgehead atoms. The van der Waals surface area contributed by atoms with Crippen molar-refractivity contribution >= 4 is 32.7 Å². The Balaban J connectivity index is 1.58. The Labute approximate surface area is 135 Å². The van der Waals surface area contributed by atoms with Crippen molar-refractivity contribution < 1.29 is 18.7 Å². The molecule has 1 unspecified atom stereocenters. The second-order valence-electron chi connectivity index (χ2n) is 5.96. The van der Waals surface area contributed by atoms with Gasteiger partial charge in [0.15, 0.2) is 5.13 Å². The number of anilines is 1. The molecule has 3 atom stereocenters. The number of thiazole rings is 1. The number of hydrogen-bond acceptors (Lipinski definition) is 5. The summed E-state index contributed by atoms with van der Waals surface area (Å²) in [7, 11) is 0. The van der Waals surface area contributed by atoms with Crippen LogP contribution >= 0.6 is 11.3 Å². The highest BCUT2D eigenvalue weighted by Crippen LogP contribution is 2.40. The lowest BCUT2D eigenvalue weighted by atomic mass is 10.0. The molecule has 2 fully saturated rings. The van der Waals surface area contributed by atoms with Gasteiger partial charge in [-0.3, -0.25) is 4.90 Å². The minimum Gasteiger partial charge on any atom is -0.493 e. The Kier molecular flexibility index (Phi) is 2.81. The second kappa shape index (κ2) is 4.78. The smallest absolute Gasteiger partial charge is 0.324 e. The highest BCUT2D eigenvalue weighted by Gasteiger charge is 2.46. The van der Waals surface area contributed by atoms with Gasteiger partial charge in [0.2, 0.25) is 6.36 Å². The van der Waals surface area contributed by atoms with E-state index >= 15 is 0 Å². The summed E-state index contributed by atoms with van der Waals surface area (Å²) in [5.74, 6) is 0.869. The number of carbonyl (C=O) groups excluding carboxylic acids is 1. The first-order chi connectivity index (χ1) is 11.2. The number of nitrogens with zero attached hydrogens (tertiary/aromatic N) is 2. The van der Waals surface area contributed by atoms with Gasteiger partial charge >= 0.3 is 6.03 Å². The van der Waals surface area contributed by atoms with Crippen LogP contribution in [0.2, 0.25) is 0 Å². The molecular weight excluding hydrogens is 321 g/mol. The Hall–Kier alpha value is -1.93. The van der Waals surface area contributed by atoms with Crippen LogP contribution < -0.4 is 15.0 Å². The molecule has 3 aliphatic heterocycles. The highest BCUT2D eigenvalue weighted by atomic mass is 32.1. The van der Waals surface area contributed by atoms with E-state index in [9.17, 15) is 9.18 Å². The number of ether oxygens (including phenoxy) is 2. The van der Waals surface area contributed by atoms with Gasteiger partial charge in [-0.25, -0.2) is 14.2 Å². The lowest BCUT2D eigenvalue weighted by molar-refractivity contribution is -0.0804. The number of alkyl halides is 1. The van der Waals surface area contributed by atoms with E-state index in [1.54, 1.807) is 4.90 Å². The van der Waals surface area contributed by atoms with Crippen molar-refractivity contribution in [2.45, 2.75) is 31.3 Å². The fourth-order valence-electron chi connectivity index (χ4n) is 3.53. The maximum atomic E-state index is 13.6. The van der Waals surface area contributed by atoms with Crippen molar-refractivity contribution in [1.29, 1.82) is 0 Å².